The fraction of sp³-hybridized carbons (Fsp3) is 0.541. The predicted molar refractivity (Wildman–Crippen MR) is 173 cm³/mol. The van der Waals surface area contributed by atoms with Crippen molar-refractivity contribution in [3.05, 3.63) is 83.2 Å². The molecule has 2 N–H and O–H groups in total. The smallest absolute Gasteiger partial charge is 0.0414 e. The molecule has 3 heteroatoms. The normalized spacial score (nSPS) is 25.4. The Morgan fingerprint density at radius 3 is 2.35 bits per heavy atom. The number of hydrogen-bond acceptors (Lipinski definition) is 3. The molecule has 0 saturated heterocycles. The van der Waals surface area contributed by atoms with Crippen LogP contribution in [0.5, 0.6) is 0 Å². The minimum absolute atomic E-state index is 0.365. The van der Waals surface area contributed by atoms with Gasteiger partial charge in [-0.05, 0) is 123 Å². The summed E-state index contributed by atoms with van der Waals surface area (Å²) in [5, 5.41) is 0. The summed E-state index contributed by atoms with van der Waals surface area (Å²) in [5.41, 5.74) is 16.1. The molecular weight excluding hydrogens is 486 g/mol. The third kappa shape index (κ3) is 5.80. The average molecular weight is 538 g/mol. The van der Waals surface area contributed by atoms with Crippen molar-refractivity contribution in [1.82, 2.24) is 0 Å². The molecule has 0 unspecified atom stereocenters. The van der Waals surface area contributed by atoms with Crippen LogP contribution in [0.25, 0.3) is 5.57 Å². The van der Waals surface area contributed by atoms with Gasteiger partial charge in [0.25, 0.3) is 0 Å². The lowest BCUT2D eigenvalue weighted by atomic mass is 9.51. The molecule has 0 radical (unpaired) electrons. The SMILES string of the molecule is C=C(C1CCCCC1)N(CC12CCC(c3ccc(CC)c(C)c3)(CC1)CC2)c1cccc(/C(C=NCC)=C/N)c1. The van der Waals surface area contributed by atoms with Crippen molar-refractivity contribution in [3.8, 4) is 0 Å². The minimum atomic E-state index is 0.365. The number of anilines is 1. The van der Waals surface area contributed by atoms with Crippen LogP contribution >= 0.6 is 0 Å². The number of nitrogens with zero attached hydrogens (tertiary/aromatic N) is 2. The topological polar surface area (TPSA) is 41.6 Å². The van der Waals surface area contributed by atoms with E-state index in [4.69, 9.17) is 12.3 Å². The number of fused-ring (bicyclic) bond motifs is 3. The van der Waals surface area contributed by atoms with Gasteiger partial charge in [0.05, 0.1) is 0 Å². The van der Waals surface area contributed by atoms with E-state index < -0.39 is 0 Å². The molecule has 6 rings (SSSR count). The second kappa shape index (κ2) is 12.4. The zero-order valence-electron chi connectivity index (χ0n) is 25.4. The summed E-state index contributed by atoms with van der Waals surface area (Å²) in [7, 11) is 0. The van der Waals surface area contributed by atoms with Crippen molar-refractivity contribution >= 4 is 17.5 Å². The van der Waals surface area contributed by atoms with Gasteiger partial charge in [-0.25, -0.2) is 0 Å². The third-order valence-corrected chi connectivity index (χ3v) is 10.7. The molecule has 0 amide bonds. The van der Waals surface area contributed by atoms with Gasteiger partial charge in [-0.1, -0.05) is 63.1 Å². The van der Waals surface area contributed by atoms with Crippen LogP contribution in [0.2, 0.25) is 0 Å². The first-order valence-corrected chi connectivity index (χ1v) is 16.0. The molecule has 4 aliphatic carbocycles. The first kappa shape index (κ1) is 28.7. The van der Waals surface area contributed by atoms with Crippen LogP contribution in [-0.2, 0) is 11.8 Å². The van der Waals surface area contributed by atoms with E-state index in [1.54, 1.807) is 11.8 Å². The second-order valence-corrected chi connectivity index (χ2v) is 13.0. The molecule has 0 heterocycles. The van der Waals surface area contributed by atoms with Gasteiger partial charge in [0.15, 0.2) is 0 Å². The van der Waals surface area contributed by atoms with E-state index in [2.05, 4.69) is 73.1 Å². The molecule has 4 aliphatic rings. The number of aliphatic imine (C=N–C) groups is 1. The second-order valence-electron chi connectivity index (χ2n) is 13.0. The van der Waals surface area contributed by atoms with Gasteiger partial charge >= 0.3 is 0 Å². The van der Waals surface area contributed by atoms with Gasteiger partial charge < -0.3 is 10.6 Å². The fourth-order valence-electron chi connectivity index (χ4n) is 7.96. The number of hydrogen-bond donors (Lipinski definition) is 1. The highest BCUT2D eigenvalue weighted by Crippen LogP contribution is 2.58. The summed E-state index contributed by atoms with van der Waals surface area (Å²) in [6.45, 7) is 13.3. The summed E-state index contributed by atoms with van der Waals surface area (Å²) in [6, 6.07) is 16.3. The Kier molecular flexibility index (Phi) is 8.88. The maximum absolute atomic E-state index is 6.05. The molecule has 214 valence electrons. The summed E-state index contributed by atoms with van der Waals surface area (Å²) in [4.78, 5) is 7.10. The quantitative estimate of drug-likeness (QED) is 0.307. The molecule has 40 heavy (non-hydrogen) atoms. The molecule has 0 atom stereocenters. The van der Waals surface area contributed by atoms with Crippen molar-refractivity contribution in [1.29, 1.82) is 0 Å². The number of aryl methyl sites for hydroxylation is 2. The van der Waals surface area contributed by atoms with E-state index in [-0.39, 0.29) is 0 Å². The predicted octanol–water partition coefficient (Wildman–Crippen LogP) is 9.14. The van der Waals surface area contributed by atoms with Crippen molar-refractivity contribution < 1.29 is 0 Å². The lowest BCUT2D eigenvalue weighted by Crippen LogP contribution is -2.49. The van der Waals surface area contributed by atoms with Crippen molar-refractivity contribution in [2.24, 2.45) is 22.1 Å². The van der Waals surface area contributed by atoms with Gasteiger partial charge in [0.2, 0.25) is 0 Å². The zero-order valence-corrected chi connectivity index (χ0v) is 25.4. The highest BCUT2D eigenvalue weighted by Gasteiger charge is 2.50. The van der Waals surface area contributed by atoms with Crippen LogP contribution in [0, 0.1) is 18.3 Å². The van der Waals surface area contributed by atoms with E-state index in [1.165, 1.54) is 93.1 Å². The Hall–Kier alpha value is -2.81. The maximum Gasteiger partial charge on any atom is 0.0414 e. The Morgan fingerprint density at radius 1 is 1.00 bits per heavy atom. The lowest BCUT2D eigenvalue weighted by Gasteiger charge is -2.55. The van der Waals surface area contributed by atoms with Gasteiger partial charge in [-0.3, -0.25) is 4.99 Å². The molecule has 3 nitrogen and oxygen atoms in total. The minimum Gasteiger partial charge on any atom is -0.404 e. The molecule has 2 bridgehead atoms. The summed E-state index contributed by atoms with van der Waals surface area (Å²) in [5.74, 6) is 0.589. The zero-order chi connectivity index (χ0) is 28.2. The lowest BCUT2D eigenvalue weighted by molar-refractivity contribution is 0.0460. The van der Waals surface area contributed by atoms with Crippen LogP contribution in [0.4, 0.5) is 5.69 Å². The highest BCUT2D eigenvalue weighted by atomic mass is 15.2. The highest BCUT2D eigenvalue weighted by molar-refractivity contribution is 6.09. The van der Waals surface area contributed by atoms with Crippen molar-refractivity contribution in [2.45, 2.75) is 103 Å². The molecule has 2 aromatic rings. The molecule has 0 aromatic heterocycles. The largest absolute Gasteiger partial charge is 0.404 e. The molecule has 4 saturated carbocycles. The number of rotatable bonds is 10. The Morgan fingerprint density at radius 2 is 1.73 bits per heavy atom. The molecule has 0 aliphatic heterocycles. The molecule has 4 fully saturated rings. The summed E-state index contributed by atoms with van der Waals surface area (Å²) in [6.07, 6.45) is 19.2. The van der Waals surface area contributed by atoms with Gasteiger partial charge in [0, 0.05) is 42.5 Å². The van der Waals surface area contributed by atoms with Crippen molar-refractivity contribution in [2.75, 3.05) is 18.0 Å². The first-order valence-electron chi connectivity index (χ1n) is 16.0. The average Bonchev–Trinajstić information content (AvgIpc) is 3.01. The van der Waals surface area contributed by atoms with E-state index in [0.29, 0.717) is 16.7 Å². The summed E-state index contributed by atoms with van der Waals surface area (Å²) < 4.78 is 0. The first-order chi connectivity index (χ1) is 19.4. The van der Waals surface area contributed by atoms with Crippen LogP contribution in [0.15, 0.2) is 65.9 Å². The standard InChI is InChI=1S/C37H51N3/c1-5-30-15-16-34(23-28(30)3)37-20-17-36(18-21-37,19-22-37)27-40(29(4)31-11-8-7-9-12-31)35-14-10-13-32(24-35)33(25-38)26-39-6-2/h10,13-16,23-26,31H,4-9,11-12,17-22,27,38H2,1-3H3/b33-25+,39-26?. The van der Waals surface area contributed by atoms with Crippen LogP contribution in [0.1, 0.15) is 107 Å². The van der Waals surface area contributed by atoms with Gasteiger partial charge in [-0.15, -0.1) is 0 Å². The third-order valence-electron chi connectivity index (χ3n) is 10.7. The van der Waals surface area contributed by atoms with Crippen LogP contribution in [0.3, 0.4) is 0 Å². The van der Waals surface area contributed by atoms with E-state index in [0.717, 1.165) is 30.6 Å². The monoisotopic (exact) mass is 537 g/mol. The van der Waals surface area contributed by atoms with Crippen LogP contribution in [-0.4, -0.2) is 19.3 Å². The maximum atomic E-state index is 6.05. The van der Waals surface area contributed by atoms with Crippen molar-refractivity contribution in [3.63, 3.8) is 0 Å². The Balaban J connectivity index is 1.41. The number of allylic oxidation sites excluding steroid dienone is 2. The number of nitrogens with two attached hydrogens (primary N) is 1. The number of benzene rings is 2. The summed E-state index contributed by atoms with van der Waals surface area (Å²) >= 11 is 0. The van der Waals surface area contributed by atoms with Gasteiger partial charge in [-0.2, -0.15) is 0 Å². The van der Waals surface area contributed by atoms with E-state index in [1.807, 2.05) is 6.21 Å². The molecular formula is C37H51N3. The Labute approximate surface area is 243 Å². The van der Waals surface area contributed by atoms with E-state index >= 15 is 0 Å². The van der Waals surface area contributed by atoms with Gasteiger partial charge in [0.1, 0.15) is 0 Å². The van der Waals surface area contributed by atoms with E-state index in [9.17, 15) is 0 Å². The Bertz CT molecular complexity index is 1220. The molecule has 0 spiro atoms. The van der Waals surface area contributed by atoms with Crippen LogP contribution < -0.4 is 10.6 Å². The fourth-order valence-corrected chi connectivity index (χ4v) is 7.96. The molecule has 2 aromatic carbocycles.